The van der Waals surface area contributed by atoms with Gasteiger partial charge < -0.3 is 4.74 Å². The first kappa shape index (κ1) is 11.3. The standard InChI is InChI=1S/C11H16FN3O/c1-3-11(12)7-15(8-11)6-9-4-13-10(16-2)14-5-9/h4-5H,3,6-8H2,1-2H3. The first-order valence-electron chi connectivity index (χ1n) is 5.41. The lowest BCUT2D eigenvalue weighted by Gasteiger charge is -2.44. The number of likely N-dealkylation sites (tertiary alicyclic amines) is 1. The van der Waals surface area contributed by atoms with Gasteiger partial charge in [0.2, 0.25) is 0 Å². The normalized spacial score (nSPS) is 19.2. The first-order valence-corrected chi connectivity index (χ1v) is 5.41. The van der Waals surface area contributed by atoms with Crippen LogP contribution in [-0.2, 0) is 6.54 Å². The molecule has 1 fully saturated rings. The van der Waals surface area contributed by atoms with Gasteiger partial charge in [-0.3, -0.25) is 4.90 Å². The molecule has 0 N–H and O–H groups in total. The molecule has 0 unspecified atom stereocenters. The van der Waals surface area contributed by atoms with Crippen LogP contribution in [0.15, 0.2) is 12.4 Å². The van der Waals surface area contributed by atoms with Gasteiger partial charge in [0.25, 0.3) is 0 Å². The van der Waals surface area contributed by atoms with E-state index in [2.05, 4.69) is 14.9 Å². The fourth-order valence-corrected chi connectivity index (χ4v) is 1.88. The van der Waals surface area contributed by atoms with E-state index in [1.54, 1.807) is 12.4 Å². The van der Waals surface area contributed by atoms with E-state index in [1.807, 2.05) is 6.92 Å². The van der Waals surface area contributed by atoms with Gasteiger partial charge in [-0.1, -0.05) is 6.92 Å². The van der Waals surface area contributed by atoms with Crippen molar-refractivity contribution in [3.05, 3.63) is 18.0 Å². The predicted molar refractivity (Wildman–Crippen MR) is 58.0 cm³/mol. The summed E-state index contributed by atoms with van der Waals surface area (Å²) in [5, 5.41) is 0. The number of nitrogens with zero attached hydrogens (tertiary/aromatic N) is 3. The van der Waals surface area contributed by atoms with E-state index >= 15 is 0 Å². The van der Waals surface area contributed by atoms with E-state index in [0.717, 1.165) is 5.56 Å². The Hall–Kier alpha value is -1.23. The van der Waals surface area contributed by atoms with Gasteiger partial charge in [0.05, 0.1) is 7.11 Å². The number of hydrogen-bond acceptors (Lipinski definition) is 4. The molecule has 1 aromatic rings. The lowest BCUT2D eigenvalue weighted by Crippen LogP contribution is -2.57. The molecule has 2 rings (SSSR count). The molecule has 0 aromatic carbocycles. The maximum absolute atomic E-state index is 13.6. The Balaban J connectivity index is 1.87. The van der Waals surface area contributed by atoms with Crippen molar-refractivity contribution in [2.75, 3.05) is 20.2 Å². The third kappa shape index (κ3) is 2.29. The number of alkyl halides is 1. The Kier molecular flexibility index (Phi) is 3.05. The van der Waals surface area contributed by atoms with Crippen LogP contribution in [0.4, 0.5) is 4.39 Å². The Morgan fingerprint density at radius 3 is 2.56 bits per heavy atom. The van der Waals surface area contributed by atoms with Gasteiger partial charge in [-0.2, -0.15) is 0 Å². The molecule has 2 heterocycles. The molecule has 16 heavy (non-hydrogen) atoms. The minimum atomic E-state index is -0.979. The molecule has 1 aliphatic rings. The van der Waals surface area contributed by atoms with E-state index in [0.29, 0.717) is 32.1 Å². The molecule has 1 aromatic heterocycles. The van der Waals surface area contributed by atoms with Gasteiger partial charge in [-0.15, -0.1) is 0 Å². The summed E-state index contributed by atoms with van der Waals surface area (Å²) in [6, 6.07) is 0.362. The predicted octanol–water partition coefficient (Wildman–Crippen LogP) is 1.42. The molecule has 1 saturated heterocycles. The summed E-state index contributed by atoms with van der Waals surface area (Å²) in [5.41, 5.74) is 0.00630. The van der Waals surface area contributed by atoms with Crippen LogP contribution in [0.25, 0.3) is 0 Å². The van der Waals surface area contributed by atoms with Crippen molar-refractivity contribution in [1.29, 1.82) is 0 Å². The summed E-state index contributed by atoms with van der Waals surface area (Å²) < 4.78 is 18.5. The van der Waals surface area contributed by atoms with Crippen LogP contribution in [0.3, 0.4) is 0 Å². The van der Waals surface area contributed by atoms with E-state index in [-0.39, 0.29) is 0 Å². The van der Waals surface area contributed by atoms with Crippen molar-refractivity contribution in [2.24, 2.45) is 0 Å². The summed E-state index contributed by atoms with van der Waals surface area (Å²) in [4.78, 5) is 10.1. The highest BCUT2D eigenvalue weighted by Crippen LogP contribution is 2.29. The van der Waals surface area contributed by atoms with Crippen molar-refractivity contribution < 1.29 is 9.13 Å². The molecule has 0 atom stereocenters. The van der Waals surface area contributed by atoms with Gasteiger partial charge in [0.1, 0.15) is 5.67 Å². The summed E-state index contributed by atoms with van der Waals surface area (Å²) >= 11 is 0. The molecule has 0 radical (unpaired) electrons. The van der Waals surface area contributed by atoms with Gasteiger partial charge in [0, 0.05) is 37.6 Å². The quantitative estimate of drug-likeness (QED) is 0.776. The van der Waals surface area contributed by atoms with Crippen molar-refractivity contribution >= 4 is 0 Å². The number of aromatic nitrogens is 2. The number of rotatable bonds is 4. The fourth-order valence-electron chi connectivity index (χ4n) is 1.88. The molecule has 0 spiro atoms. The zero-order chi connectivity index (χ0) is 11.6. The Morgan fingerprint density at radius 1 is 1.44 bits per heavy atom. The van der Waals surface area contributed by atoms with E-state index in [9.17, 15) is 4.39 Å². The van der Waals surface area contributed by atoms with Gasteiger partial charge in [0.15, 0.2) is 0 Å². The summed E-state index contributed by atoms with van der Waals surface area (Å²) in [6.45, 7) is 3.61. The number of hydrogen-bond donors (Lipinski definition) is 0. The van der Waals surface area contributed by atoms with Crippen molar-refractivity contribution in [1.82, 2.24) is 14.9 Å². The average Bonchev–Trinajstić information content (AvgIpc) is 2.28. The molecule has 5 heteroatoms. The zero-order valence-corrected chi connectivity index (χ0v) is 9.61. The Labute approximate surface area is 94.5 Å². The second-order valence-electron chi connectivity index (χ2n) is 4.23. The molecule has 0 aliphatic carbocycles. The SMILES string of the molecule is CCC1(F)CN(Cc2cnc(OC)nc2)C1. The van der Waals surface area contributed by atoms with Crippen LogP contribution in [0, 0.1) is 0 Å². The third-order valence-electron chi connectivity index (χ3n) is 2.92. The number of methoxy groups -OCH3 is 1. The van der Waals surface area contributed by atoms with Crippen molar-refractivity contribution in [3.8, 4) is 6.01 Å². The molecular formula is C11H16FN3O. The minimum absolute atomic E-state index is 0.362. The highest BCUT2D eigenvalue weighted by atomic mass is 19.1. The summed E-state index contributed by atoms with van der Waals surface area (Å²) in [5.74, 6) is 0. The van der Waals surface area contributed by atoms with E-state index in [4.69, 9.17) is 4.74 Å². The molecule has 4 nitrogen and oxygen atoms in total. The summed E-state index contributed by atoms with van der Waals surface area (Å²) in [6.07, 6.45) is 4.02. The van der Waals surface area contributed by atoms with Crippen LogP contribution in [0.1, 0.15) is 18.9 Å². The van der Waals surface area contributed by atoms with Gasteiger partial charge >= 0.3 is 6.01 Å². The Bertz CT molecular complexity index is 349. The molecule has 1 aliphatic heterocycles. The van der Waals surface area contributed by atoms with Gasteiger partial charge in [-0.05, 0) is 6.42 Å². The third-order valence-corrected chi connectivity index (χ3v) is 2.92. The van der Waals surface area contributed by atoms with E-state index < -0.39 is 5.67 Å². The van der Waals surface area contributed by atoms with Crippen LogP contribution < -0.4 is 4.74 Å². The maximum atomic E-state index is 13.6. The monoisotopic (exact) mass is 225 g/mol. The largest absolute Gasteiger partial charge is 0.467 e. The molecular weight excluding hydrogens is 209 g/mol. The highest BCUT2D eigenvalue weighted by Gasteiger charge is 2.41. The average molecular weight is 225 g/mol. The maximum Gasteiger partial charge on any atom is 0.316 e. The molecule has 0 amide bonds. The Morgan fingerprint density at radius 2 is 2.06 bits per heavy atom. The van der Waals surface area contributed by atoms with Crippen LogP contribution in [0.5, 0.6) is 6.01 Å². The van der Waals surface area contributed by atoms with Crippen molar-refractivity contribution in [2.45, 2.75) is 25.6 Å². The van der Waals surface area contributed by atoms with Crippen LogP contribution in [-0.4, -0.2) is 40.7 Å². The van der Waals surface area contributed by atoms with Crippen LogP contribution >= 0.6 is 0 Å². The number of ether oxygens (including phenoxy) is 1. The summed E-state index contributed by atoms with van der Waals surface area (Å²) in [7, 11) is 1.53. The zero-order valence-electron chi connectivity index (χ0n) is 9.61. The smallest absolute Gasteiger partial charge is 0.316 e. The lowest BCUT2D eigenvalue weighted by molar-refractivity contribution is -0.0394. The number of halogens is 1. The lowest BCUT2D eigenvalue weighted by atomic mass is 9.93. The van der Waals surface area contributed by atoms with Crippen molar-refractivity contribution in [3.63, 3.8) is 0 Å². The molecule has 0 saturated carbocycles. The second kappa shape index (κ2) is 4.33. The fraction of sp³-hybridized carbons (Fsp3) is 0.636. The topological polar surface area (TPSA) is 38.2 Å². The van der Waals surface area contributed by atoms with Crippen LogP contribution in [0.2, 0.25) is 0 Å². The second-order valence-corrected chi connectivity index (χ2v) is 4.23. The molecule has 0 bridgehead atoms. The van der Waals surface area contributed by atoms with E-state index in [1.165, 1.54) is 7.11 Å². The molecule has 88 valence electrons. The van der Waals surface area contributed by atoms with Gasteiger partial charge in [-0.25, -0.2) is 14.4 Å². The minimum Gasteiger partial charge on any atom is -0.467 e. The first-order chi connectivity index (χ1) is 7.65. The highest BCUT2D eigenvalue weighted by molar-refractivity contribution is 5.09.